The van der Waals surface area contributed by atoms with Crippen molar-refractivity contribution in [2.45, 2.75) is 18.2 Å². The molecule has 0 aliphatic heterocycles. The lowest BCUT2D eigenvalue weighted by Gasteiger charge is -2.09. The van der Waals surface area contributed by atoms with Crippen molar-refractivity contribution in [1.29, 1.82) is 0 Å². The summed E-state index contributed by atoms with van der Waals surface area (Å²) in [6.45, 7) is 0. The van der Waals surface area contributed by atoms with Gasteiger partial charge < -0.3 is 14.8 Å². The van der Waals surface area contributed by atoms with E-state index >= 15 is 0 Å². The monoisotopic (exact) mass is 288 g/mol. The zero-order chi connectivity index (χ0) is 14.3. The minimum Gasteiger partial charge on any atom is -0.480 e. The normalized spacial score (nSPS) is 11.8. The molecule has 1 amide bonds. The first kappa shape index (κ1) is 15.0. The molecule has 1 aromatic heterocycles. The summed E-state index contributed by atoms with van der Waals surface area (Å²) in [6, 6.07) is 1.85. The molecule has 0 spiro atoms. The highest BCUT2D eigenvalue weighted by Crippen LogP contribution is 2.20. The van der Waals surface area contributed by atoms with Gasteiger partial charge in [0.15, 0.2) is 0 Å². The molecule has 19 heavy (non-hydrogen) atoms. The molecule has 9 heteroatoms. The van der Waals surface area contributed by atoms with Gasteiger partial charge in [-0.25, -0.2) is 4.79 Å². The number of aliphatic carboxylic acids is 1. The maximum atomic E-state index is 10.7. The number of nitro groups is 1. The number of furan rings is 1. The minimum atomic E-state index is -1.10. The van der Waals surface area contributed by atoms with Gasteiger partial charge in [0.2, 0.25) is 6.41 Å². The van der Waals surface area contributed by atoms with E-state index in [-0.39, 0.29) is 12.3 Å². The Bertz CT molecular complexity index is 461. The number of carboxylic acids is 1. The first-order valence-electron chi connectivity index (χ1n) is 5.28. The second-order valence-corrected chi connectivity index (χ2v) is 4.62. The molecule has 1 heterocycles. The highest BCUT2D eigenvalue weighted by atomic mass is 32.2. The third-order valence-electron chi connectivity index (χ3n) is 2.19. The summed E-state index contributed by atoms with van der Waals surface area (Å²) >= 11 is 1.37. The fraction of sp³-hybridized carbons (Fsp3) is 0.400. The van der Waals surface area contributed by atoms with Crippen LogP contribution in [0.15, 0.2) is 16.5 Å². The third-order valence-corrected chi connectivity index (χ3v) is 3.20. The van der Waals surface area contributed by atoms with Gasteiger partial charge in [-0.05, 0) is 18.2 Å². The first-order chi connectivity index (χ1) is 9.04. The number of nitrogens with one attached hydrogen (secondary N) is 1. The molecule has 0 aliphatic carbocycles. The summed E-state index contributed by atoms with van der Waals surface area (Å²) in [5.41, 5.74) is 0. The van der Waals surface area contributed by atoms with Crippen LogP contribution >= 0.6 is 11.8 Å². The van der Waals surface area contributed by atoms with E-state index in [0.29, 0.717) is 23.7 Å². The summed E-state index contributed by atoms with van der Waals surface area (Å²) < 4.78 is 4.94. The summed E-state index contributed by atoms with van der Waals surface area (Å²) in [5, 5.41) is 21.3. The van der Waals surface area contributed by atoms with Crippen molar-refractivity contribution < 1.29 is 24.0 Å². The van der Waals surface area contributed by atoms with E-state index in [9.17, 15) is 19.7 Å². The second kappa shape index (κ2) is 7.41. The average Bonchev–Trinajstić information content (AvgIpc) is 2.81. The van der Waals surface area contributed by atoms with Crippen molar-refractivity contribution in [2.24, 2.45) is 0 Å². The Hall–Kier alpha value is -2.03. The number of carboxylic acid groups (broad SMARTS) is 1. The third kappa shape index (κ3) is 5.00. The molecule has 1 rings (SSSR count). The van der Waals surface area contributed by atoms with Crippen LogP contribution in [-0.4, -0.2) is 34.2 Å². The van der Waals surface area contributed by atoms with E-state index in [1.165, 1.54) is 23.9 Å². The van der Waals surface area contributed by atoms with E-state index in [1.807, 2.05) is 0 Å². The highest BCUT2D eigenvalue weighted by Gasteiger charge is 2.16. The summed E-state index contributed by atoms with van der Waals surface area (Å²) in [5.74, 6) is -0.0806. The van der Waals surface area contributed by atoms with E-state index in [2.05, 4.69) is 5.32 Å². The molecule has 1 unspecified atom stereocenters. The van der Waals surface area contributed by atoms with E-state index in [4.69, 9.17) is 9.52 Å². The number of hydrogen-bond acceptors (Lipinski definition) is 6. The lowest BCUT2D eigenvalue weighted by Crippen LogP contribution is -2.36. The zero-order valence-electron chi connectivity index (χ0n) is 9.77. The molecule has 1 aromatic rings. The number of carbonyl (C=O) groups is 2. The Kier molecular flexibility index (Phi) is 5.86. The van der Waals surface area contributed by atoms with Crippen LogP contribution in [0.5, 0.6) is 0 Å². The summed E-state index contributed by atoms with van der Waals surface area (Å²) in [7, 11) is 0. The largest absolute Gasteiger partial charge is 0.480 e. The van der Waals surface area contributed by atoms with Crippen molar-refractivity contribution in [3.8, 4) is 0 Å². The number of amides is 1. The molecule has 0 saturated heterocycles. The smallest absolute Gasteiger partial charge is 0.433 e. The predicted octanol–water partition coefficient (Wildman–Crippen LogP) is 1.01. The number of carbonyl (C=O) groups excluding carboxylic acids is 1. The quantitative estimate of drug-likeness (QED) is 0.301. The zero-order valence-corrected chi connectivity index (χ0v) is 10.6. The van der Waals surface area contributed by atoms with Gasteiger partial charge in [0.25, 0.3) is 0 Å². The first-order valence-corrected chi connectivity index (χ1v) is 6.43. The lowest BCUT2D eigenvalue weighted by molar-refractivity contribution is -0.402. The molecule has 0 fully saturated rings. The lowest BCUT2D eigenvalue weighted by atomic mass is 10.2. The molecule has 1 atom stereocenters. The van der Waals surface area contributed by atoms with Crippen LogP contribution in [0.4, 0.5) is 5.88 Å². The second-order valence-electron chi connectivity index (χ2n) is 3.51. The average molecular weight is 288 g/mol. The Morgan fingerprint density at radius 3 is 2.89 bits per heavy atom. The number of rotatable bonds is 9. The van der Waals surface area contributed by atoms with E-state index in [1.54, 1.807) is 0 Å². The van der Waals surface area contributed by atoms with Crippen LogP contribution < -0.4 is 5.32 Å². The van der Waals surface area contributed by atoms with Gasteiger partial charge in [-0.15, -0.1) is 0 Å². The number of hydrogen-bond donors (Lipinski definition) is 2. The molecular weight excluding hydrogens is 276 g/mol. The fourth-order valence-corrected chi connectivity index (χ4v) is 2.18. The maximum absolute atomic E-state index is 10.7. The van der Waals surface area contributed by atoms with Gasteiger partial charge in [0.05, 0.1) is 11.8 Å². The predicted molar refractivity (Wildman–Crippen MR) is 66.8 cm³/mol. The molecule has 104 valence electrons. The molecule has 0 aromatic carbocycles. The molecule has 2 N–H and O–H groups in total. The molecular formula is C10H12N2O6S. The molecule has 0 bridgehead atoms. The Morgan fingerprint density at radius 2 is 2.37 bits per heavy atom. The molecule has 8 nitrogen and oxygen atoms in total. The van der Waals surface area contributed by atoms with Gasteiger partial charge in [0.1, 0.15) is 16.7 Å². The van der Waals surface area contributed by atoms with Gasteiger partial charge in [0, 0.05) is 0 Å². The van der Waals surface area contributed by atoms with Crippen molar-refractivity contribution in [3.63, 3.8) is 0 Å². The van der Waals surface area contributed by atoms with Crippen molar-refractivity contribution in [2.75, 3.05) is 5.75 Å². The summed E-state index contributed by atoms with van der Waals surface area (Å²) in [4.78, 5) is 30.6. The topological polar surface area (TPSA) is 123 Å². The van der Waals surface area contributed by atoms with Crippen LogP contribution in [0.2, 0.25) is 0 Å². The van der Waals surface area contributed by atoms with Crippen LogP contribution in [0.25, 0.3) is 0 Å². The van der Waals surface area contributed by atoms with Gasteiger partial charge in [-0.1, -0.05) is 0 Å². The fourth-order valence-electron chi connectivity index (χ4n) is 1.28. The molecule has 0 aliphatic rings. The van der Waals surface area contributed by atoms with E-state index < -0.39 is 16.9 Å². The molecule has 0 saturated carbocycles. The van der Waals surface area contributed by atoms with Crippen molar-refractivity contribution >= 4 is 30.0 Å². The SMILES string of the molecule is O=CNC(CCSCc1ccc([N+](=O)[O-])o1)C(=O)O. The van der Waals surface area contributed by atoms with Crippen molar-refractivity contribution in [1.82, 2.24) is 5.32 Å². The number of thioether (sulfide) groups is 1. The Labute approximate surface area is 112 Å². The Balaban J connectivity index is 2.31. The van der Waals surface area contributed by atoms with Crippen LogP contribution in [0, 0.1) is 10.1 Å². The number of nitrogens with zero attached hydrogens (tertiary/aromatic N) is 1. The van der Waals surface area contributed by atoms with Crippen LogP contribution in [0.1, 0.15) is 12.2 Å². The van der Waals surface area contributed by atoms with Crippen molar-refractivity contribution in [3.05, 3.63) is 28.0 Å². The van der Waals surface area contributed by atoms with Gasteiger partial charge in [-0.3, -0.25) is 14.9 Å². The molecule has 0 radical (unpaired) electrons. The maximum Gasteiger partial charge on any atom is 0.433 e. The van der Waals surface area contributed by atoms with Crippen LogP contribution in [-0.2, 0) is 15.3 Å². The van der Waals surface area contributed by atoms with Gasteiger partial charge in [-0.2, -0.15) is 11.8 Å². The van der Waals surface area contributed by atoms with Crippen LogP contribution in [0.3, 0.4) is 0 Å². The summed E-state index contributed by atoms with van der Waals surface area (Å²) in [6.07, 6.45) is 0.612. The Morgan fingerprint density at radius 1 is 1.63 bits per heavy atom. The van der Waals surface area contributed by atoms with Gasteiger partial charge >= 0.3 is 11.9 Å². The minimum absolute atomic E-state index is 0.265. The standard InChI is InChI=1S/C10H12N2O6S/c13-6-11-8(10(14)15)3-4-19-5-7-1-2-9(18-7)12(16)17/h1-2,6,8H,3-5H2,(H,11,13)(H,14,15). The highest BCUT2D eigenvalue weighted by molar-refractivity contribution is 7.98. The van der Waals surface area contributed by atoms with E-state index in [0.717, 1.165) is 0 Å².